The molecule has 0 radical (unpaired) electrons. The van der Waals surface area contributed by atoms with E-state index >= 15 is 0 Å². The third-order valence-electron chi connectivity index (χ3n) is 5.65. The Balaban J connectivity index is 0.00000300. The lowest BCUT2D eigenvalue weighted by molar-refractivity contribution is -0.00848. The van der Waals surface area contributed by atoms with E-state index in [0.29, 0.717) is 6.04 Å². The number of hydrogen-bond acceptors (Lipinski definition) is 4. The van der Waals surface area contributed by atoms with E-state index in [1.165, 1.54) is 16.7 Å². The van der Waals surface area contributed by atoms with E-state index in [9.17, 15) is 0 Å². The van der Waals surface area contributed by atoms with Gasteiger partial charge in [0, 0.05) is 32.2 Å². The summed E-state index contributed by atoms with van der Waals surface area (Å²) in [5, 5.41) is 3.48. The zero-order valence-corrected chi connectivity index (χ0v) is 20.6. The molecule has 3 rings (SSSR count). The SMILES string of the molecule is CCNC(=NCC(C)N1CCOCC1)N1CCOC(c2ccc(C)cc2C)C1.I. The van der Waals surface area contributed by atoms with Crippen LogP contribution in [0.4, 0.5) is 0 Å². The lowest BCUT2D eigenvalue weighted by Gasteiger charge is -2.36. The van der Waals surface area contributed by atoms with E-state index in [1.54, 1.807) is 0 Å². The molecule has 164 valence electrons. The van der Waals surface area contributed by atoms with Crippen LogP contribution in [-0.2, 0) is 9.47 Å². The molecule has 2 heterocycles. The third-order valence-corrected chi connectivity index (χ3v) is 5.65. The van der Waals surface area contributed by atoms with Gasteiger partial charge in [-0.05, 0) is 38.8 Å². The Kier molecular flexibility index (Phi) is 10.1. The average Bonchev–Trinajstić information content (AvgIpc) is 2.71. The molecular formula is C22H37IN4O2. The second kappa shape index (κ2) is 12.1. The molecule has 0 aromatic heterocycles. The van der Waals surface area contributed by atoms with E-state index in [0.717, 1.165) is 65.0 Å². The number of nitrogens with zero attached hydrogens (tertiary/aromatic N) is 3. The predicted octanol–water partition coefficient (Wildman–Crippen LogP) is 2.98. The molecule has 29 heavy (non-hydrogen) atoms. The number of halogens is 1. The van der Waals surface area contributed by atoms with Gasteiger partial charge < -0.3 is 19.7 Å². The first kappa shape index (κ1) is 24.4. The Labute approximate surface area is 193 Å². The fraction of sp³-hybridized carbons (Fsp3) is 0.682. The highest BCUT2D eigenvalue weighted by Crippen LogP contribution is 2.26. The lowest BCUT2D eigenvalue weighted by Crippen LogP contribution is -2.49. The van der Waals surface area contributed by atoms with Crippen LogP contribution >= 0.6 is 24.0 Å². The molecule has 7 heteroatoms. The average molecular weight is 516 g/mol. The van der Waals surface area contributed by atoms with Gasteiger partial charge in [0.15, 0.2) is 5.96 Å². The van der Waals surface area contributed by atoms with Gasteiger partial charge >= 0.3 is 0 Å². The monoisotopic (exact) mass is 516 g/mol. The van der Waals surface area contributed by atoms with Crippen LogP contribution in [0.2, 0.25) is 0 Å². The van der Waals surface area contributed by atoms with Crippen molar-refractivity contribution in [3.05, 3.63) is 34.9 Å². The molecule has 0 saturated carbocycles. The number of aryl methyl sites for hydroxylation is 2. The molecule has 2 atom stereocenters. The third kappa shape index (κ3) is 6.80. The Morgan fingerprint density at radius 3 is 2.66 bits per heavy atom. The maximum absolute atomic E-state index is 6.12. The molecule has 1 N–H and O–H groups in total. The number of rotatable bonds is 5. The molecule has 1 aromatic rings. The standard InChI is InChI=1S/C22H36N4O2.HI/c1-5-23-22(24-15-19(4)25-8-11-27-12-9-25)26-10-13-28-21(16-26)20-7-6-17(2)14-18(20)3;/h6-7,14,19,21H,5,8-13,15-16H2,1-4H3,(H,23,24);1H. The number of hydrogen-bond donors (Lipinski definition) is 1. The van der Waals surface area contributed by atoms with Gasteiger partial charge in [-0.25, -0.2) is 0 Å². The molecule has 0 aliphatic carbocycles. The van der Waals surface area contributed by atoms with Gasteiger partial charge in [-0.3, -0.25) is 9.89 Å². The van der Waals surface area contributed by atoms with Crippen LogP contribution in [0, 0.1) is 13.8 Å². The van der Waals surface area contributed by atoms with Crippen molar-refractivity contribution in [3.8, 4) is 0 Å². The molecule has 0 bridgehead atoms. The maximum atomic E-state index is 6.12. The number of aliphatic imine (C=N–C) groups is 1. The van der Waals surface area contributed by atoms with E-state index in [2.05, 4.69) is 61.0 Å². The van der Waals surface area contributed by atoms with Gasteiger partial charge in [-0.15, -0.1) is 24.0 Å². The first-order chi connectivity index (χ1) is 13.6. The number of guanidine groups is 1. The van der Waals surface area contributed by atoms with Crippen molar-refractivity contribution in [2.24, 2.45) is 4.99 Å². The normalized spacial score (nSPS) is 22.1. The van der Waals surface area contributed by atoms with Crippen LogP contribution in [0.25, 0.3) is 0 Å². The fourth-order valence-corrected chi connectivity index (χ4v) is 3.99. The summed E-state index contributed by atoms with van der Waals surface area (Å²) >= 11 is 0. The van der Waals surface area contributed by atoms with Crippen molar-refractivity contribution in [1.29, 1.82) is 0 Å². The highest BCUT2D eigenvalue weighted by Gasteiger charge is 2.25. The van der Waals surface area contributed by atoms with Gasteiger partial charge in [0.2, 0.25) is 0 Å². The number of benzene rings is 1. The van der Waals surface area contributed by atoms with E-state index < -0.39 is 0 Å². The van der Waals surface area contributed by atoms with Gasteiger partial charge in [-0.1, -0.05) is 23.8 Å². The van der Waals surface area contributed by atoms with Crippen LogP contribution in [0.1, 0.15) is 36.6 Å². The lowest BCUT2D eigenvalue weighted by atomic mass is 10.00. The molecule has 0 amide bonds. The molecule has 1 aromatic carbocycles. The summed E-state index contributed by atoms with van der Waals surface area (Å²) in [5.74, 6) is 1.00. The molecule has 2 aliphatic rings. The second-order valence-corrected chi connectivity index (χ2v) is 7.86. The predicted molar refractivity (Wildman–Crippen MR) is 129 cm³/mol. The summed E-state index contributed by atoms with van der Waals surface area (Å²) in [6.45, 7) is 16.5. The Bertz CT molecular complexity index is 664. The topological polar surface area (TPSA) is 49.3 Å². The van der Waals surface area contributed by atoms with Crippen LogP contribution in [0.3, 0.4) is 0 Å². The van der Waals surface area contributed by atoms with Crippen LogP contribution in [-0.4, -0.2) is 80.9 Å². The van der Waals surface area contributed by atoms with Gasteiger partial charge in [-0.2, -0.15) is 0 Å². The minimum absolute atomic E-state index is 0. The summed E-state index contributed by atoms with van der Waals surface area (Å²) in [4.78, 5) is 9.79. The molecule has 2 fully saturated rings. The molecule has 2 saturated heterocycles. The van der Waals surface area contributed by atoms with Crippen LogP contribution in [0.5, 0.6) is 0 Å². The first-order valence-corrected chi connectivity index (χ1v) is 10.6. The van der Waals surface area contributed by atoms with Crippen molar-refractivity contribution in [2.45, 2.75) is 39.8 Å². The second-order valence-electron chi connectivity index (χ2n) is 7.86. The molecule has 0 spiro atoms. The minimum atomic E-state index is 0. The van der Waals surface area contributed by atoms with E-state index in [-0.39, 0.29) is 30.1 Å². The maximum Gasteiger partial charge on any atom is 0.194 e. The van der Waals surface area contributed by atoms with Crippen molar-refractivity contribution < 1.29 is 9.47 Å². The quantitative estimate of drug-likeness (QED) is 0.371. The van der Waals surface area contributed by atoms with Crippen molar-refractivity contribution in [1.82, 2.24) is 15.1 Å². The van der Waals surface area contributed by atoms with Crippen molar-refractivity contribution in [2.75, 3.05) is 59.1 Å². The number of morpholine rings is 2. The number of ether oxygens (including phenoxy) is 2. The molecule has 2 aliphatic heterocycles. The summed E-state index contributed by atoms with van der Waals surface area (Å²) in [6.07, 6.45) is 0.0925. The highest BCUT2D eigenvalue weighted by molar-refractivity contribution is 14.0. The van der Waals surface area contributed by atoms with Crippen molar-refractivity contribution >= 4 is 29.9 Å². The Morgan fingerprint density at radius 2 is 1.97 bits per heavy atom. The summed E-state index contributed by atoms with van der Waals surface area (Å²) in [6, 6.07) is 7.05. The van der Waals surface area contributed by atoms with Crippen LogP contribution < -0.4 is 5.32 Å². The zero-order chi connectivity index (χ0) is 19.9. The molecular weight excluding hydrogens is 479 g/mol. The van der Waals surface area contributed by atoms with Crippen LogP contribution in [0.15, 0.2) is 23.2 Å². The highest BCUT2D eigenvalue weighted by atomic mass is 127. The van der Waals surface area contributed by atoms with E-state index in [4.69, 9.17) is 14.5 Å². The Morgan fingerprint density at radius 1 is 1.21 bits per heavy atom. The summed E-state index contributed by atoms with van der Waals surface area (Å²) in [5.41, 5.74) is 3.88. The van der Waals surface area contributed by atoms with Gasteiger partial charge in [0.1, 0.15) is 6.10 Å². The fourth-order valence-electron chi connectivity index (χ4n) is 3.99. The molecule has 2 unspecified atom stereocenters. The Hall–Kier alpha value is -0.900. The van der Waals surface area contributed by atoms with Gasteiger partial charge in [0.25, 0.3) is 0 Å². The van der Waals surface area contributed by atoms with Crippen molar-refractivity contribution in [3.63, 3.8) is 0 Å². The van der Waals surface area contributed by atoms with Gasteiger partial charge in [0.05, 0.1) is 32.9 Å². The smallest absolute Gasteiger partial charge is 0.194 e. The summed E-state index contributed by atoms with van der Waals surface area (Å²) < 4.78 is 11.6. The first-order valence-electron chi connectivity index (χ1n) is 10.6. The number of nitrogens with one attached hydrogen (secondary N) is 1. The molecule has 6 nitrogen and oxygen atoms in total. The zero-order valence-electron chi connectivity index (χ0n) is 18.3. The minimum Gasteiger partial charge on any atom is -0.379 e. The summed E-state index contributed by atoms with van der Waals surface area (Å²) in [7, 11) is 0. The van der Waals surface area contributed by atoms with E-state index in [1.807, 2.05) is 0 Å². The largest absolute Gasteiger partial charge is 0.379 e.